The third kappa shape index (κ3) is 4.71. The van der Waals surface area contributed by atoms with Crippen LogP contribution in [0, 0.1) is 5.92 Å². The Balaban J connectivity index is 0.00000208. The maximum atomic E-state index is 12.6. The van der Waals surface area contributed by atoms with E-state index in [-0.39, 0.29) is 18.3 Å². The van der Waals surface area contributed by atoms with Gasteiger partial charge in [-0.3, -0.25) is 9.48 Å². The Labute approximate surface area is 151 Å². The SMILES string of the molecule is CN(C)CC1CCN(C(=O)c2ccn(C3CCCNC3)n2)CC1.Cl. The first-order valence-electron chi connectivity index (χ1n) is 8.83. The monoisotopic (exact) mass is 355 g/mol. The van der Waals surface area contributed by atoms with E-state index >= 15 is 0 Å². The van der Waals surface area contributed by atoms with Crippen molar-refractivity contribution >= 4 is 18.3 Å². The van der Waals surface area contributed by atoms with Crippen molar-refractivity contribution in [3.63, 3.8) is 0 Å². The lowest BCUT2D eigenvalue weighted by Gasteiger charge is -2.32. The molecule has 0 aromatic carbocycles. The van der Waals surface area contributed by atoms with Gasteiger partial charge in [-0.1, -0.05) is 0 Å². The summed E-state index contributed by atoms with van der Waals surface area (Å²) in [7, 11) is 4.23. The third-order valence-corrected chi connectivity index (χ3v) is 5.00. The minimum absolute atomic E-state index is 0. The molecule has 1 aromatic heterocycles. The van der Waals surface area contributed by atoms with Gasteiger partial charge in [0, 0.05) is 32.4 Å². The molecule has 0 bridgehead atoms. The van der Waals surface area contributed by atoms with Crippen LogP contribution in [0.15, 0.2) is 12.3 Å². The van der Waals surface area contributed by atoms with E-state index < -0.39 is 0 Å². The Kier molecular flexibility index (Phi) is 7.07. The fourth-order valence-electron chi connectivity index (χ4n) is 3.71. The summed E-state index contributed by atoms with van der Waals surface area (Å²) in [6.07, 6.45) is 6.46. The Hall–Kier alpha value is -1.11. The fourth-order valence-corrected chi connectivity index (χ4v) is 3.71. The molecule has 2 saturated heterocycles. The zero-order chi connectivity index (χ0) is 16.2. The lowest BCUT2D eigenvalue weighted by Crippen LogP contribution is -2.41. The van der Waals surface area contributed by atoms with Gasteiger partial charge < -0.3 is 15.1 Å². The number of aromatic nitrogens is 2. The molecule has 1 amide bonds. The van der Waals surface area contributed by atoms with Crippen LogP contribution in [0.5, 0.6) is 0 Å². The highest BCUT2D eigenvalue weighted by Crippen LogP contribution is 2.20. The van der Waals surface area contributed by atoms with Gasteiger partial charge in [0.15, 0.2) is 0 Å². The van der Waals surface area contributed by atoms with Crippen LogP contribution in [0.4, 0.5) is 0 Å². The number of likely N-dealkylation sites (tertiary alicyclic amines) is 1. The van der Waals surface area contributed by atoms with Crippen LogP contribution in [-0.4, -0.2) is 72.3 Å². The van der Waals surface area contributed by atoms with Crippen molar-refractivity contribution in [2.45, 2.75) is 31.7 Å². The predicted molar refractivity (Wildman–Crippen MR) is 97.8 cm³/mol. The number of nitrogens with zero attached hydrogens (tertiary/aromatic N) is 4. The van der Waals surface area contributed by atoms with Crippen molar-refractivity contribution in [2.75, 3.05) is 46.8 Å². The summed E-state index contributed by atoms with van der Waals surface area (Å²) in [6.45, 7) is 4.87. The van der Waals surface area contributed by atoms with Gasteiger partial charge in [-0.15, -0.1) is 12.4 Å². The molecular weight excluding hydrogens is 326 g/mol. The summed E-state index contributed by atoms with van der Waals surface area (Å²) in [5.74, 6) is 0.802. The molecular formula is C17H30ClN5O. The molecule has 0 radical (unpaired) electrons. The average molecular weight is 356 g/mol. The highest BCUT2D eigenvalue weighted by atomic mass is 35.5. The summed E-state index contributed by atoms with van der Waals surface area (Å²) in [6, 6.07) is 2.26. The van der Waals surface area contributed by atoms with Crippen LogP contribution in [0.2, 0.25) is 0 Å². The summed E-state index contributed by atoms with van der Waals surface area (Å²) in [4.78, 5) is 16.9. The lowest BCUT2D eigenvalue weighted by atomic mass is 9.96. The van der Waals surface area contributed by atoms with E-state index in [0.29, 0.717) is 17.7 Å². The third-order valence-electron chi connectivity index (χ3n) is 5.00. The number of hydrogen-bond donors (Lipinski definition) is 1. The standard InChI is InChI=1S/C17H29N5O.ClH/c1-20(2)13-14-5-9-21(10-6-14)17(23)16-7-11-22(19-16)15-4-3-8-18-12-15;/h7,11,14-15,18H,3-6,8-10,12-13H2,1-2H3;1H. The van der Waals surface area contributed by atoms with Crippen LogP contribution in [0.25, 0.3) is 0 Å². The minimum atomic E-state index is 0. The molecule has 2 aliphatic rings. The molecule has 2 aliphatic heterocycles. The minimum Gasteiger partial charge on any atom is -0.337 e. The maximum absolute atomic E-state index is 12.6. The number of carbonyl (C=O) groups is 1. The van der Waals surface area contributed by atoms with Crippen LogP contribution in [-0.2, 0) is 0 Å². The van der Waals surface area contributed by atoms with E-state index in [4.69, 9.17) is 0 Å². The van der Waals surface area contributed by atoms with Gasteiger partial charge in [0.2, 0.25) is 0 Å². The zero-order valence-corrected chi connectivity index (χ0v) is 15.6. The van der Waals surface area contributed by atoms with Crippen LogP contribution < -0.4 is 5.32 Å². The Morgan fingerprint density at radius 2 is 2.08 bits per heavy atom. The van der Waals surface area contributed by atoms with Crippen molar-refractivity contribution in [3.8, 4) is 0 Å². The molecule has 3 rings (SSSR count). The zero-order valence-electron chi connectivity index (χ0n) is 14.8. The summed E-state index contributed by atoms with van der Waals surface area (Å²) >= 11 is 0. The molecule has 6 nitrogen and oxygen atoms in total. The molecule has 0 saturated carbocycles. The summed E-state index contributed by atoms with van der Waals surface area (Å²) < 4.78 is 1.97. The van der Waals surface area contributed by atoms with Crippen molar-refractivity contribution in [1.82, 2.24) is 24.9 Å². The van der Waals surface area contributed by atoms with Gasteiger partial charge in [-0.05, 0) is 58.3 Å². The predicted octanol–water partition coefficient (Wildman–Crippen LogP) is 1.64. The van der Waals surface area contributed by atoms with Gasteiger partial charge in [-0.25, -0.2) is 0 Å². The van der Waals surface area contributed by atoms with Crippen molar-refractivity contribution in [2.24, 2.45) is 5.92 Å². The largest absolute Gasteiger partial charge is 0.337 e. The smallest absolute Gasteiger partial charge is 0.274 e. The first-order chi connectivity index (χ1) is 11.1. The van der Waals surface area contributed by atoms with Crippen molar-refractivity contribution < 1.29 is 4.79 Å². The second-order valence-corrected chi connectivity index (χ2v) is 7.18. The van der Waals surface area contributed by atoms with Crippen molar-refractivity contribution in [1.29, 1.82) is 0 Å². The highest BCUT2D eigenvalue weighted by Gasteiger charge is 2.26. The average Bonchev–Trinajstić information content (AvgIpc) is 3.05. The molecule has 7 heteroatoms. The molecule has 0 spiro atoms. The number of rotatable bonds is 4. The van der Waals surface area contributed by atoms with E-state index in [1.165, 1.54) is 6.42 Å². The van der Waals surface area contributed by atoms with Crippen molar-refractivity contribution in [3.05, 3.63) is 18.0 Å². The molecule has 2 fully saturated rings. The topological polar surface area (TPSA) is 53.4 Å². The number of piperidine rings is 2. The molecule has 136 valence electrons. The van der Waals surface area contributed by atoms with E-state index in [1.807, 2.05) is 21.8 Å². The molecule has 1 atom stereocenters. The quantitative estimate of drug-likeness (QED) is 0.892. The van der Waals surface area contributed by atoms with Crippen LogP contribution in [0.1, 0.15) is 42.2 Å². The second-order valence-electron chi connectivity index (χ2n) is 7.18. The van der Waals surface area contributed by atoms with Gasteiger partial charge >= 0.3 is 0 Å². The number of amides is 1. The Morgan fingerprint density at radius 1 is 1.33 bits per heavy atom. The molecule has 24 heavy (non-hydrogen) atoms. The fraction of sp³-hybridized carbons (Fsp3) is 0.765. The summed E-state index contributed by atoms with van der Waals surface area (Å²) in [5.41, 5.74) is 0.599. The number of hydrogen-bond acceptors (Lipinski definition) is 4. The van der Waals surface area contributed by atoms with E-state index in [2.05, 4.69) is 29.4 Å². The maximum Gasteiger partial charge on any atom is 0.274 e. The highest BCUT2D eigenvalue weighted by molar-refractivity contribution is 5.92. The van der Waals surface area contributed by atoms with E-state index in [1.54, 1.807) is 0 Å². The number of nitrogens with one attached hydrogen (secondary N) is 1. The number of carbonyl (C=O) groups excluding carboxylic acids is 1. The molecule has 0 aliphatic carbocycles. The molecule has 1 aromatic rings. The first-order valence-corrected chi connectivity index (χ1v) is 8.83. The van der Waals surface area contributed by atoms with Crippen LogP contribution in [0.3, 0.4) is 0 Å². The van der Waals surface area contributed by atoms with E-state index in [9.17, 15) is 4.79 Å². The lowest BCUT2D eigenvalue weighted by molar-refractivity contribution is 0.0670. The Morgan fingerprint density at radius 3 is 2.71 bits per heavy atom. The van der Waals surface area contributed by atoms with Gasteiger partial charge in [-0.2, -0.15) is 5.10 Å². The second kappa shape index (κ2) is 8.83. The summed E-state index contributed by atoms with van der Waals surface area (Å²) in [5, 5.41) is 7.95. The molecule has 1 N–H and O–H groups in total. The Bertz CT molecular complexity index is 519. The molecule has 1 unspecified atom stereocenters. The van der Waals surface area contributed by atoms with Crippen LogP contribution >= 0.6 is 12.4 Å². The van der Waals surface area contributed by atoms with Gasteiger partial charge in [0.05, 0.1) is 6.04 Å². The number of halogens is 1. The van der Waals surface area contributed by atoms with E-state index in [0.717, 1.165) is 52.0 Å². The van der Waals surface area contributed by atoms with Gasteiger partial charge in [0.25, 0.3) is 5.91 Å². The van der Waals surface area contributed by atoms with Gasteiger partial charge in [0.1, 0.15) is 5.69 Å². The molecule has 3 heterocycles. The normalized spacial score (nSPS) is 22.5. The first kappa shape index (κ1) is 19.2.